The van der Waals surface area contributed by atoms with Gasteiger partial charge in [0.1, 0.15) is 0 Å². The molecule has 1 unspecified atom stereocenters. The molecule has 1 fully saturated rings. The van der Waals surface area contributed by atoms with Crippen LogP contribution in [0.4, 0.5) is 5.95 Å². The number of nitrogens with one attached hydrogen (secondary N) is 1. The van der Waals surface area contributed by atoms with E-state index in [-0.39, 0.29) is 35.1 Å². The van der Waals surface area contributed by atoms with Crippen molar-refractivity contribution in [2.75, 3.05) is 12.3 Å². The molecule has 154 valence electrons. The van der Waals surface area contributed by atoms with Crippen LogP contribution in [0, 0.1) is 5.92 Å². The highest BCUT2D eigenvalue weighted by Crippen LogP contribution is 2.43. The zero-order chi connectivity index (χ0) is 20.9. The van der Waals surface area contributed by atoms with E-state index >= 15 is 0 Å². The van der Waals surface area contributed by atoms with Crippen molar-refractivity contribution < 1.29 is 8.85 Å². The molecule has 3 atom stereocenters. The predicted octanol–water partition coefficient (Wildman–Crippen LogP) is 2.89. The molecule has 2 heterocycles. The number of nitrogens with two attached hydrogens (primary N) is 1. The number of nitrogens with zero attached hydrogens (tertiary/aromatic N) is 3. The standard InChI is InChI=1S/C18H31N5O3Si2/c1-11-12(9-25-27(2,3)4)14(26-28(5,6)7)8-13(11)23-10-20-15-16(23)21-18(19)22-17(15)24/h10,12-14H,1,8-9H2,2-7H3,(H3,19,21,22,24)/t12-,13-,14?/m0/s1. The zero-order valence-electron chi connectivity index (χ0n) is 17.6. The largest absolute Gasteiger partial charge is 0.417 e. The van der Waals surface area contributed by atoms with Gasteiger partial charge in [0.05, 0.1) is 18.5 Å². The molecule has 1 aliphatic carbocycles. The fourth-order valence-electron chi connectivity index (χ4n) is 3.62. The van der Waals surface area contributed by atoms with Crippen LogP contribution in [-0.4, -0.2) is 48.9 Å². The number of aromatic amines is 1. The molecular weight excluding hydrogens is 390 g/mol. The quantitative estimate of drug-likeness (QED) is 0.548. The Balaban J connectivity index is 1.96. The Bertz CT molecular complexity index is 941. The average Bonchev–Trinajstić information content (AvgIpc) is 3.05. The van der Waals surface area contributed by atoms with E-state index in [0.717, 1.165) is 12.0 Å². The molecule has 0 aliphatic heterocycles. The first kappa shape index (κ1) is 21.0. The normalized spacial score (nSPS) is 23.6. The summed E-state index contributed by atoms with van der Waals surface area (Å²) in [5.74, 6) is 0.177. The second-order valence-corrected chi connectivity index (χ2v) is 18.4. The number of aromatic nitrogens is 4. The summed E-state index contributed by atoms with van der Waals surface area (Å²) < 4.78 is 14.6. The van der Waals surface area contributed by atoms with Crippen molar-refractivity contribution in [3.63, 3.8) is 0 Å². The molecule has 0 saturated heterocycles. The lowest BCUT2D eigenvalue weighted by atomic mass is 10.0. The lowest BCUT2D eigenvalue weighted by Crippen LogP contribution is -2.37. The van der Waals surface area contributed by atoms with Crippen LogP contribution in [0.3, 0.4) is 0 Å². The van der Waals surface area contributed by atoms with Gasteiger partial charge in [0.25, 0.3) is 5.56 Å². The SMILES string of the molecule is C=C1[C@H](CO[Si](C)(C)C)C(O[Si](C)(C)C)C[C@@H]1n1cnc2c(=O)[nH]c(N)nc21. The molecule has 3 rings (SSSR count). The summed E-state index contributed by atoms with van der Waals surface area (Å²) in [6, 6.07) is -0.0599. The number of rotatable bonds is 6. The number of imidazole rings is 1. The summed E-state index contributed by atoms with van der Waals surface area (Å²) in [5.41, 5.74) is 7.21. The minimum absolute atomic E-state index is 0.0253. The van der Waals surface area contributed by atoms with E-state index in [2.05, 4.69) is 60.8 Å². The van der Waals surface area contributed by atoms with Crippen molar-refractivity contribution in [3.05, 3.63) is 28.8 Å². The summed E-state index contributed by atoms with van der Waals surface area (Å²) in [5, 5.41) is 0. The van der Waals surface area contributed by atoms with Gasteiger partial charge in [-0.3, -0.25) is 9.78 Å². The minimum atomic E-state index is -1.76. The molecule has 1 saturated carbocycles. The molecular formula is C18H31N5O3Si2. The van der Waals surface area contributed by atoms with Crippen LogP contribution < -0.4 is 11.3 Å². The van der Waals surface area contributed by atoms with Crippen molar-refractivity contribution in [2.45, 2.75) is 57.8 Å². The Hall–Kier alpha value is -1.76. The van der Waals surface area contributed by atoms with E-state index in [4.69, 9.17) is 14.6 Å². The van der Waals surface area contributed by atoms with Gasteiger partial charge in [-0.05, 0) is 51.3 Å². The molecule has 0 spiro atoms. The van der Waals surface area contributed by atoms with Crippen LogP contribution in [0.2, 0.25) is 39.3 Å². The second kappa shape index (κ2) is 7.25. The molecule has 28 heavy (non-hydrogen) atoms. The van der Waals surface area contributed by atoms with Gasteiger partial charge >= 0.3 is 0 Å². The van der Waals surface area contributed by atoms with Crippen LogP contribution >= 0.6 is 0 Å². The van der Waals surface area contributed by atoms with Gasteiger partial charge in [-0.15, -0.1) is 0 Å². The fraction of sp³-hybridized carbons (Fsp3) is 0.611. The topological polar surface area (TPSA) is 108 Å². The molecule has 0 aromatic carbocycles. The molecule has 0 bridgehead atoms. The number of hydrogen-bond acceptors (Lipinski definition) is 6. The lowest BCUT2D eigenvalue weighted by molar-refractivity contribution is 0.121. The van der Waals surface area contributed by atoms with Gasteiger partial charge in [-0.1, -0.05) is 6.58 Å². The van der Waals surface area contributed by atoms with Crippen molar-refractivity contribution in [1.82, 2.24) is 19.5 Å². The van der Waals surface area contributed by atoms with E-state index in [1.165, 1.54) is 0 Å². The fourth-order valence-corrected chi connectivity index (χ4v) is 5.47. The number of nitrogen functional groups attached to an aromatic ring is 1. The van der Waals surface area contributed by atoms with Crippen LogP contribution in [0.15, 0.2) is 23.3 Å². The Morgan fingerprint density at radius 3 is 2.57 bits per heavy atom. The summed E-state index contributed by atoms with van der Waals surface area (Å²) in [7, 11) is -3.42. The molecule has 1 aliphatic rings. The number of hydrogen-bond donors (Lipinski definition) is 2. The molecule has 2 aromatic heterocycles. The summed E-state index contributed by atoms with van der Waals surface area (Å²) in [6.45, 7) is 18.1. The Morgan fingerprint density at radius 2 is 1.96 bits per heavy atom. The average molecular weight is 422 g/mol. The van der Waals surface area contributed by atoms with Gasteiger partial charge in [-0.25, -0.2) is 4.98 Å². The maximum atomic E-state index is 12.1. The lowest BCUT2D eigenvalue weighted by Gasteiger charge is -2.29. The third kappa shape index (κ3) is 4.45. The van der Waals surface area contributed by atoms with E-state index in [9.17, 15) is 4.79 Å². The van der Waals surface area contributed by atoms with Crippen molar-refractivity contribution in [3.8, 4) is 0 Å². The maximum Gasteiger partial charge on any atom is 0.280 e. The van der Waals surface area contributed by atoms with Crippen LogP contribution in [-0.2, 0) is 8.85 Å². The molecule has 10 heteroatoms. The van der Waals surface area contributed by atoms with Crippen molar-refractivity contribution in [1.29, 1.82) is 0 Å². The van der Waals surface area contributed by atoms with Crippen molar-refractivity contribution >= 4 is 33.7 Å². The zero-order valence-corrected chi connectivity index (χ0v) is 19.6. The smallest absolute Gasteiger partial charge is 0.280 e. The maximum absolute atomic E-state index is 12.1. The number of H-pyrrole nitrogens is 1. The first-order chi connectivity index (χ1) is 12.9. The van der Waals surface area contributed by atoms with Crippen LogP contribution in [0.25, 0.3) is 11.2 Å². The van der Waals surface area contributed by atoms with Gasteiger partial charge in [0, 0.05) is 12.5 Å². The van der Waals surface area contributed by atoms with Gasteiger partial charge < -0.3 is 19.2 Å². The highest BCUT2D eigenvalue weighted by atomic mass is 28.4. The highest BCUT2D eigenvalue weighted by molar-refractivity contribution is 6.70. The second-order valence-electron chi connectivity index (χ2n) is 9.40. The first-order valence-electron chi connectivity index (χ1n) is 9.58. The van der Waals surface area contributed by atoms with Crippen LogP contribution in [0.1, 0.15) is 12.5 Å². The number of anilines is 1. The third-order valence-corrected chi connectivity index (χ3v) is 6.84. The highest BCUT2D eigenvalue weighted by Gasteiger charge is 2.42. The Kier molecular flexibility index (Phi) is 5.43. The summed E-state index contributed by atoms with van der Waals surface area (Å²) >= 11 is 0. The predicted molar refractivity (Wildman–Crippen MR) is 116 cm³/mol. The van der Waals surface area contributed by atoms with Crippen LogP contribution in [0.5, 0.6) is 0 Å². The molecule has 2 aromatic rings. The van der Waals surface area contributed by atoms with Crippen molar-refractivity contribution in [2.24, 2.45) is 5.92 Å². The molecule has 8 nitrogen and oxygen atoms in total. The summed E-state index contributed by atoms with van der Waals surface area (Å²) in [4.78, 5) is 23.2. The third-order valence-electron chi connectivity index (χ3n) is 4.80. The van der Waals surface area contributed by atoms with Gasteiger partial charge in [-0.2, -0.15) is 4.98 Å². The Labute approximate surface area is 167 Å². The van der Waals surface area contributed by atoms with Gasteiger partial charge in [0.2, 0.25) is 5.95 Å². The summed E-state index contributed by atoms with van der Waals surface area (Å²) in [6.07, 6.45) is 2.43. The Morgan fingerprint density at radius 1 is 1.29 bits per heavy atom. The minimum Gasteiger partial charge on any atom is -0.417 e. The monoisotopic (exact) mass is 421 g/mol. The first-order valence-corrected chi connectivity index (χ1v) is 16.4. The van der Waals surface area contributed by atoms with E-state index in [1.807, 2.05) is 4.57 Å². The molecule has 0 amide bonds. The molecule has 0 radical (unpaired) electrons. The van der Waals surface area contributed by atoms with E-state index < -0.39 is 16.6 Å². The van der Waals surface area contributed by atoms with E-state index in [0.29, 0.717) is 12.3 Å². The molecule has 3 N–H and O–H groups in total. The number of fused-ring (bicyclic) bond motifs is 1. The van der Waals surface area contributed by atoms with E-state index in [1.54, 1.807) is 6.33 Å². The van der Waals surface area contributed by atoms with Gasteiger partial charge in [0.15, 0.2) is 27.8 Å².